The van der Waals surface area contributed by atoms with Gasteiger partial charge in [-0.3, -0.25) is 0 Å². The molecular weight excluding hydrogens is 288 g/mol. The molecule has 2 aromatic heterocycles. The van der Waals surface area contributed by atoms with Crippen LogP contribution in [0.3, 0.4) is 0 Å². The van der Waals surface area contributed by atoms with Gasteiger partial charge in [0, 0.05) is 10.5 Å². The van der Waals surface area contributed by atoms with Crippen molar-refractivity contribution in [1.29, 1.82) is 0 Å². The lowest BCUT2D eigenvalue weighted by atomic mass is 10.2. The molecule has 1 fully saturated rings. The minimum absolute atomic E-state index is 0.547. The van der Waals surface area contributed by atoms with Crippen molar-refractivity contribution < 1.29 is 5.11 Å². The summed E-state index contributed by atoms with van der Waals surface area (Å²) in [7, 11) is 0. The Morgan fingerprint density at radius 1 is 1.56 bits per heavy atom. The highest BCUT2D eigenvalue weighted by Gasteiger charge is 2.28. The maximum absolute atomic E-state index is 10.3. The third-order valence-electron chi connectivity index (χ3n) is 2.81. The van der Waals surface area contributed by atoms with Crippen molar-refractivity contribution in [3.63, 3.8) is 0 Å². The molecule has 5 heteroatoms. The molecule has 0 amide bonds. The second-order valence-corrected chi connectivity index (χ2v) is 5.79. The Morgan fingerprint density at radius 2 is 2.38 bits per heavy atom. The number of aliphatic hydroxyl groups is 1. The summed E-state index contributed by atoms with van der Waals surface area (Å²) in [5.41, 5.74) is 0.894. The van der Waals surface area contributed by atoms with Crippen molar-refractivity contribution in [2.45, 2.75) is 25.0 Å². The van der Waals surface area contributed by atoms with Gasteiger partial charge in [0.15, 0.2) is 0 Å². The van der Waals surface area contributed by atoms with Gasteiger partial charge < -0.3 is 9.67 Å². The van der Waals surface area contributed by atoms with Gasteiger partial charge in [0.05, 0.1) is 23.1 Å². The highest BCUT2D eigenvalue weighted by Crippen LogP contribution is 2.39. The SMILES string of the molecule is OC(c1sccc1Br)c1cncn1C1CC1. The van der Waals surface area contributed by atoms with Gasteiger partial charge in [0.2, 0.25) is 0 Å². The van der Waals surface area contributed by atoms with Crippen LogP contribution in [0, 0.1) is 0 Å². The zero-order valence-corrected chi connectivity index (χ0v) is 10.9. The fourth-order valence-electron chi connectivity index (χ4n) is 1.82. The Kier molecular flexibility index (Phi) is 2.61. The minimum atomic E-state index is -0.572. The summed E-state index contributed by atoms with van der Waals surface area (Å²) in [6.07, 6.45) is 5.40. The molecule has 1 aliphatic carbocycles. The molecule has 84 valence electrons. The number of aromatic nitrogens is 2. The molecule has 1 N–H and O–H groups in total. The predicted molar refractivity (Wildman–Crippen MR) is 66.6 cm³/mol. The van der Waals surface area contributed by atoms with Gasteiger partial charge in [-0.05, 0) is 40.2 Å². The molecule has 3 rings (SSSR count). The molecule has 1 unspecified atom stereocenters. The number of halogens is 1. The predicted octanol–water partition coefficient (Wildman–Crippen LogP) is 3.12. The Bertz CT molecular complexity index is 504. The Balaban J connectivity index is 1.97. The van der Waals surface area contributed by atoms with E-state index in [0.29, 0.717) is 6.04 Å². The third-order valence-corrected chi connectivity index (χ3v) is 4.73. The van der Waals surface area contributed by atoms with E-state index in [2.05, 4.69) is 25.5 Å². The summed E-state index contributed by atoms with van der Waals surface area (Å²) < 4.78 is 3.06. The van der Waals surface area contributed by atoms with Crippen molar-refractivity contribution in [2.24, 2.45) is 0 Å². The summed E-state index contributed by atoms with van der Waals surface area (Å²) >= 11 is 5.01. The van der Waals surface area contributed by atoms with Crippen molar-refractivity contribution in [2.75, 3.05) is 0 Å². The number of hydrogen-bond donors (Lipinski definition) is 1. The first-order valence-corrected chi connectivity index (χ1v) is 6.87. The molecule has 0 aromatic carbocycles. The van der Waals surface area contributed by atoms with Crippen LogP contribution in [0.1, 0.15) is 35.6 Å². The number of nitrogens with zero attached hydrogens (tertiary/aromatic N) is 2. The van der Waals surface area contributed by atoms with Crippen molar-refractivity contribution in [3.8, 4) is 0 Å². The standard InChI is InChI=1S/C11H11BrN2OS/c12-8-3-4-16-11(8)10(15)9-5-13-6-14(9)7-1-2-7/h3-7,10,15H,1-2H2. The summed E-state index contributed by atoms with van der Waals surface area (Å²) in [4.78, 5) is 5.08. The van der Waals surface area contributed by atoms with Crippen LogP contribution in [0.5, 0.6) is 0 Å². The fourth-order valence-corrected chi connectivity index (χ4v) is 3.40. The molecule has 0 radical (unpaired) electrons. The van der Waals surface area contributed by atoms with E-state index in [1.54, 1.807) is 17.5 Å². The zero-order chi connectivity index (χ0) is 11.1. The highest BCUT2D eigenvalue weighted by atomic mass is 79.9. The van der Waals surface area contributed by atoms with Crippen LogP contribution < -0.4 is 0 Å². The lowest BCUT2D eigenvalue weighted by Gasteiger charge is -2.12. The van der Waals surface area contributed by atoms with E-state index in [-0.39, 0.29) is 0 Å². The molecule has 1 atom stereocenters. The lowest BCUT2D eigenvalue weighted by molar-refractivity contribution is 0.213. The van der Waals surface area contributed by atoms with Gasteiger partial charge in [-0.1, -0.05) is 0 Å². The normalized spacial score (nSPS) is 17.6. The van der Waals surface area contributed by atoms with Crippen molar-refractivity contribution in [3.05, 3.63) is 39.0 Å². The molecule has 0 bridgehead atoms. The average molecular weight is 299 g/mol. The van der Waals surface area contributed by atoms with Crippen LogP contribution >= 0.6 is 27.3 Å². The van der Waals surface area contributed by atoms with E-state index in [4.69, 9.17) is 0 Å². The van der Waals surface area contributed by atoms with Gasteiger partial charge >= 0.3 is 0 Å². The Morgan fingerprint density at radius 3 is 3.00 bits per heavy atom. The lowest BCUT2D eigenvalue weighted by Crippen LogP contribution is -2.06. The van der Waals surface area contributed by atoms with Crippen molar-refractivity contribution in [1.82, 2.24) is 9.55 Å². The number of rotatable bonds is 3. The number of imidazole rings is 1. The summed E-state index contributed by atoms with van der Waals surface area (Å²) in [6, 6.07) is 2.51. The Labute approximate surface area is 106 Å². The topological polar surface area (TPSA) is 38.1 Å². The number of hydrogen-bond acceptors (Lipinski definition) is 3. The second-order valence-electron chi connectivity index (χ2n) is 3.99. The van der Waals surface area contributed by atoms with Crippen LogP contribution in [0.25, 0.3) is 0 Å². The van der Waals surface area contributed by atoms with Gasteiger partial charge in [0.25, 0.3) is 0 Å². The summed E-state index contributed by atoms with van der Waals surface area (Å²) in [5, 5.41) is 12.3. The third kappa shape index (κ3) is 1.73. The van der Waals surface area contributed by atoms with Gasteiger partial charge in [-0.25, -0.2) is 4.98 Å². The molecule has 16 heavy (non-hydrogen) atoms. The Hall–Kier alpha value is -0.650. The smallest absolute Gasteiger partial charge is 0.131 e. The fraction of sp³-hybridized carbons (Fsp3) is 0.364. The molecule has 1 saturated carbocycles. The molecule has 2 aromatic rings. The van der Waals surface area contributed by atoms with Crippen LogP contribution in [0.2, 0.25) is 0 Å². The van der Waals surface area contributed by atoms with Crippen LogP contribution in [0.4, 0.5) is 0 Å². The molecule has 2 heterocycles. The monoisotopic (exact) mass is 298 g/mol. The van der Waals surface area contributed by atoms with Crippen LogP contribution in [0.15, 0.2) is 28.4 Å². The van der Waals surface area contributed by atoms with E-state index in [0.717, 1.165) is 15.0 Å². The number of aliphatic hydroxyl groups excluding tert-OH is 1. The van der Waals surface area contributed by atoms with Gasteiger partial charge in [-0.15, -0.1) is 11.3 Å². The van der Waals surface area contributed by atoms with E-state index < -0.39 is 6.10 Å². The van der Waals surface area contributed by atoms with E-state index in [9.17, 15) is 5.11 Å². The largest absolute Gasteiger partial charge is 0.381 e. The zero-order valence-electron chi connectivity index (χ0n) is 8.51. The van der Waals surface area contributed by atoms with E-state index >= 15 is 0 Å². The summed E-state index contributed by atoms with van der Waals surface area (Å²) in [6.45, 7) is 0. The second kappa shape index (κ2) is 3.98. The molecule has 3 nitrogen and oxygen atoms in total. The maximum Gasteiger partial charge on any atom is 0.131 e. The van der Waals surface area contributed by atoms with Crippen molar-refractivity contribution >= 4 is 27.3 Å². The maximum atomic E-state index is 10.3. The first kappa shape index (κ1) is 10.5. The quantitative estimate of drug-likeness (QED) is 0.945. The highest BCUT2D eigenvalue weighted by molar-refractivity contribution is 9.10. The van der Waals surface area contributed by atoms with Gasteiger partial charge in [-0.2, -0.15) is 0 Å². The molecule has 0 saturated heterocycles. The van der Waals surface area contributed by atoms with Crippen LogP contribution in [-0.2, 0) is 0 Å². The molecule has 0 spiro atoms. The molecule has 1 aliphatic rings. The van der Waals surface area contributed by atoms with Crippen LogP contribution in [-0.4, -0.2) is 14.7 Å². The van der Waals surface area contributed by atoms with Gasteiger partial charge in [0.1, 0.15) is 6.10 Å². The van der Waals surface area contributed by atoms with E-state index in [1.165, 1.54) is 12.8 Å². The number of thiophene rings is 1. The minimum Gasteiger partial charge on any atom is -0.381 e. The molecular formula is C11H11BrN2OS. The molecule has 0 aliphatic heterocycles. The average Bonchev–Trinajstić information content (AvgIpc) is 2.85. The summed E-state index contributed by atoms with van der Waals surface area (Å²) in [5.74, 6) is 0. The van der Waals surface area contributed by atoms with E-state index in [1.807, 2.05) is 17.8 Å². The first-order chi connectivity index (χ1) is 7.77. The first-order valence-electron chi connectivity index (χ1n) is 5.20.